The largest absolute Gasteiger partial charge is 0.490 e. The lowest BCUT2D eigenvalue weighted by atomic mass is 10.2. The minimum atomic E-state index is -0.936. The van der Waals surface area contributed by atoms with E-state index >= 15 is 0 Å². The molecular weight excluding hydrogens is 593 g/mol. The van der Waals surface area contributed by atoms with Gasteiger partial charge in [0.15, 0.2) is 11.5 Å². The third kappa shape index (κ3) is 7.36. The van der Waals surface area contributed by atoms with E-state index in [1.54, 1.807) is 55.5 Å². The Bertz CT molecular complexity index is 1320. The number of halogens is 4. The Morgan fingerprint density at radius 1 is 1.03 bits per heavy atom. The summed E-state index contributed by atoms with van der Waals surface area (Å²) in [6.45, 7) is 4.17. The molecule has 0 atom stereocenters. The molecule has 2 amide bonds. The second-order valence-electron chi connectivity index (χ2n) is 7.35. The number of carbonyl (C=O) groups is 2. The fourth-order valence-electron chi connectivity index (χ4n) is 2.99. The topological polar surface area (TPSA) is 89.0 Å². The number of benzene rings is 3. The molecule has 0 aliphatic rings. The molecule has 3 aromatic rings. The monoisotopic (exact) mass is 611 g/mol. The Kier molecular flexibility index (Phi) is 10.0. The average Bonchev–Trinajstić information content (AvgIpc) is 2.82. The number of hydrogen-bond acceptors (Lipinski definition) is 5. The van der Waals surface area contributed by atoms with Crippen LogP contribution >= 0.6 is 50.7 Å². The van der Waals surface area contributed by atoms with Crippen LogP contribution in [0.5, 0.6) is 11.5 Å². The van der Waals surface area contributed by atoms with Crippen molar-refractivity contribution >= 4 is 74.4 Å². The minimum absolute atomic E-state index is 0.194. The molecule has 3 rings (SSSR count). The predicted molar refractivity (Wildman–Crippen MR) is 147 cm³/mol. The van der Waals surface area contributed by atoms with Crippen LogP contribution in [0.4, 0.5) is 5.69 Å². The van der Waals surface area contributed by atoms with Crippen molar-refractivity contribution in [1.82, 2.24) is 5.43 Å². The lowest BCUT2D eigenvalue weighted by molar-refractivity contribution is -0.136. The summed E-state index contributed by atoms with van der Waals surface area (Å²) >= 11 is 21.7. The van der Waals surface area contributed by atoms with Crippen molar-refractivity contribution in [2.45, 2.75) is 20.5 Å². The number of amides is 2. The van der Waals surface area contributed by atoms with Crippen LogP contribution < -0.4 is 20.2 Å². The molecule has 0 heterocycles. The van der Waals surface area contributed by atoms with Gasteiger partial charge in [0.05, 0.1) is 17.3 Å². The van der Waals surface area contributed by atoms with E-state index in [1.165, 1.54) is 6.21 Å². The van der Waals surface area contributed by atoms with Gasteiger partial charge in [-0.05, 0) is 77.3 Å². The van der Waals surface area contributed by atoms with Crippen molar-refractivity contribution in [3.63, 3.8) is 0 Å². The highest BCUT2D eigenvalue weighted by Gasteiger charge is 2.16. The van der Waals surface area contributed by atoms with Crippen LogP contribution in [0.15, 0.2) is 58.1 Å². The number of rotatable bonds is 8. The molecule has 0 aliphatic carbocycles. The van der Waals surface area contributed by atoms with Gasteiger partial charge in [-0.3, -0.25) is 9.59 Å². The Balaban J connectivity index is 1.68. The number of hydrazone groups is 1. The molecule has 36 heavy (non-hydrogen) atoms. The van der Waals surface area contributed by atoms with Crippen LogP contribution in [0, 0.1) is 6.92 Å². The van der Waals surface area contributed by atoms with Gasteiger partial charge < -0.3 is 14.8 Å². The van der Waals surface area contributed by atoms with Gasteiger partial charge in [-0.2, -0.15) is 5.10 Å². The molecule has 7 nitrogen and oxygen atoms in total. The summed E-state index contributed by atoms with van der Waals surface area (Å²) in [6, 6.07) is 13.6. The van der Waals surface area contributed by atoms with E-state index in [0.29, 0.717) is 54.5 Å². The van der Waals surface area contributed by atoms with E-state index in [1.807, 2.05) is 6.92 Å². The Morgan fingerprint density at radius 2 is 1.81 bits per heavy atom. The molecule has 3 aromatic carbocycles. The van der Waals surface area contributed by atoms with Crippen molar-refractivity contribution in [3.8, 4) is 11.5 Å². The van der Waals surface area contributed by atoms with E-state index in [0.717, 1.165) is 5.56 Å². The molecule has 0 saturated carbocycles. The fourth-order valence-corrected chi connectivity index (χ4v) is 4.20. The number of ether oxygens (including phenoxy) is 2. The summed E-state index contributed by atoms with van der Waals surface area (Å²) in [4.78, 5) is 24.3. The molecule has 0 saturated heterocycles. The normalized spacial score (nSPS) is 10.8. The van der Waals surface area contributed by atoms with Crippen LogP contribution in [0.3, 0.4) is 0 Å². The lowest BCUT2D eigenvalue weighted by Gasteiger charge is -2.15. The van der Waals surface area contributed by atoms with Crippen LogP contribution in [0.25, 0.3) is 0 Å². The molecule has 2 N–H and O–H groups in total. The first-order valence-corrected chi connectivity index (χ1v) is 12.5. The summed E-state index contributed by atoms with van der Waals surface area (Å²) in [5.74, 6) is -0.882. The second-order valence-corrected chi connectivity index (χ2v) is 9.46. The van der Waals surface area contributed by atoms with Gasteiger partial charge in [-0.15, -0.1) is 0 Å². The van der Waals surface area contributed by atoms with Gasteiger partial charge in [0.2, 0.25) is 0 Å². The Labute approximate surface area is 231 Å². The maximum atomic E-state index is 12.2. The average molecular weight is 614 g/mol. The molecule has 0 aromatic heterocycles. The third-order valence-electron chi connectivity index (χ3n) is 4.82. The predicted octanol–water partition coefficient (Wildman–Crippen LogP) is 6.78. The highest BCUT2D eigenvalue weighted by atomic mass is 79.9. The van der Waals surface area contributed by atoms with Gasteiger partial charge in [-0.1, -0.05) is 46.9 Å². The van der Waals surface area contributed by atoms with Crippen molar-refractivity contribution in [2.24, 2.45) is 5.10 Å². The number of nitrogens with one attached hydrogen (secondary N) is 2. The molecule has 0 unspecified atom stereocenters. The van der Waals surface area contributed by atoms with E-state index in [4.69, 9.17) is 44.3 Å². The number of carbonyl (C=O) groups excluding carboxylic acids is 2. The molecule has 11 heteroatoms. The van der Waals surface area contributed by atoms with Gasteiger partial charge in [0.25, 0.3) is 0 Å². The fraction of sp³-hybridized carbons (Fsp3) is 0.160. The van der Waals surface area contributed by atoms with E-state index in [-0.39, 0.29) is 6.61 Å². The zero-order chi connectivity index (χ0) is 26.2. The van der Waals surface area contributed by atoms with Crippen molar-refractivity contribution < 1.29 is 19.1 Å². The lowest BCUT2D eigenvalue weighted by Crippen LogP contribution is -2.32. The first-order chi connectivity index (χ1) is 17.2. The van der Waals surface area contributed by atoms with Crippen LogP contribution in [0.1, 0.15) is 23.6 Å². The molecule has 0 aliphatic heterocycles. The molecule has 188 valence electrons. The highest BCUT2D eigenvalue weighted by molar-refractivity contribution is 9.10. The zero-order valence-corrected chi connectivity index (χ0v) is 23.1. The summed E-state index contributed by atoms with van der Waals surface area (Å²) in [5.41, 5.74) is 4.64. The van der Waals surface area contributed by atoms with E-state index < -0.39 is 11.8 Å². The van der Waals surface area contributed by atoms with E-state index in [2.05, 4.69) is 31.8 Å². The molecule has 0 spiro atoms. The molecular formula is C25H21BrCl3N3O4. The SMILES string of the molecule is CCOc1cc(/C=N/NC(=O)C(=O)Nc2cccc(Cl)c2C)cc(Br)c1OCc1ccc(Cl)cc1Cl. The van der Waals surface area contributed by atoms with Crippen molar-refractivity contribution in [1.29, 1.82) is 0 Å². The maximum absolute atomic E-state index is 12.2. The first-order valence-electron chi connectivity index (χ1n) is 10.6. The number of nitrogens with zero attached hydrogens (tertiary/aromatic N) is 1. The van der Waals surface area contributed by atoms with Gasteiger partial charge >= 0.3 is 11.8 Å². The number of hydrogen-bond donors (Lipinski definition) is 2. The van der Waals surface area contributed by atoms with Crippen LogP contribution in [0.2, 0.25) is 15.1 Å². The van der Waals surface area contributed by atoms with Crippen LogP contribution in [-0.4, -0.2) is 24.6 Å². The van der Waals surface area contributed by atoms with E-state index in [9.17, 15) is 9.59 Å². The quantitative estimate of drug-likeness (QED) is 0.167. The maximum Gasteiger partial charge on any atom is 0.329 e. The first kappa shape index (κ1) is 27.8. The number of anilines is 1. The van der Waals surface area contributed by atoms with Gasteiger partial charge in [0.1, 0.15) is 6.61 Å². The summed E-state index contributed by atoms with van der Waals surface area (Å²) in [6.07, 6.45) is 1.38. The molecule has 0 radical (unpaired) electrons. The highest BCUT2D eigenvalue weighted by Crippen LogP contribution is 2.37. The summed E-state index contributed by atoms with van der Waals surface area (Å²) in [5, 5.41) is 7.88. The zero-order valence-electron chi connectivity index (χ0n) is 19.2. The van der Waals surface area contributed by atoms with Gasteiger partial charge in [0, 0.05) is 26.3 Å². The third-order valence-corrected chi connectivity index (χ3v) is 6.41. The summed E-state index contributed by atoms with van der Waals surface area (Å²) < 4.78 is 12.3. The standard InChI is InChI=1S/C25H21BrCl3N3O4/c1-3-35-22-10-15(9-18(26)23(22)36-13-16-7-8-17(27)11-20(16)29)12-30-32-25(34)24(33)31-21-6-4-5-19(28)14(21)2/h4-12H,3,13H2,1-2H3,(H,31,33)(H,32,34)/b30-12+. The minimum Gasteiger partial charge on any atom is -0.490 e. The van der Waals surface area contributed by atoms with Crippen molar-refractivity contribution in [3.05, 3.63) is 84.8 Å². The second kappa shape index (κ2) is 13.0. The van der Waals surface area contributed by atoms with Crippen LogP contribution in [-0.2, 0) is 16.2 Å². The smallest absolute Gasteiger partial charge is 0.329 e. The Morgan fingerprint density at radius 3 is 2.53 bits per heavy atom. The molecule has 0 fully saturated rings. The summed E-state index contributed by atoms with van der Waals surface area (Å²) in [7, 11) is 0. The Hall–Kier alpha value is -2.78. The van der Waals surface area contributed by atoms with Gasteiger partial charge in [-0.25, -0.2) is 5.43 Å². The molecule has 0 bridgehead atoms. The van der Waals surface area contributed by atoms with Crippen molar-refractivity contribution in [2.75, 3.05) is 11.9 Å².